The number of thiocarbonyl (C=S) groups is 1. The van der Waals surface area contributed by atoms with E-state index in [1.807, 2.05) is 19.1 Å². The van der Waals surface area contributed by atoms with Crippen molar-refractivity contribution in [3.05, 3.63) is 29.8 Å². The van der Waals surface area contributed by atoms with Crippen LogP contribution < -0.4 is 10.5 Å². The molecule has 0 saturated carbocycles. The Morgan fingerprint density at radius 2 is 2.00 bits per heavy atom. The quantitative estimate of drug-likeness (QED) is 0.845. The first kappa shape index (κ1) is 15.3. The normalized spacial score (nSPS) is 18.2. The van der Waals surface area contributed by atoms with Gasteiger partial charge >= 0.3 is 0 Å². The monoisotopic (exact) mass is 292 g/mol. The average Bonchev–Trinajstić information content (AvgIpc) is 2.68. The van der Waals surface area contributed by atoms with Crippen LogP contribution >= 0.6 is 12.2 Å². The summed E-state index contributed by atoms with van der Waals surface area (Å²) in [6.45, 7) is 4.80. The topological polar surface area (TPSA) is 38.5 Å². The van der Waals surface area contributed by atoms with E-state index < -0.39 is 0 Å². The lowest BCUT2D eigenvalue weighted by molar-refractivity contribution is 0.254. The van der Waals surface area contributed by atoms with E-state index in [0.29, 0.717) is 11.6 Å². The smallest absolute Gasteiger partial charge is 0.119 e. The Kier molecular flexibility index (Phi) is 5.80. The van der Waals surface area contributed by atoms with Crippen LogP contribution in [0.4, 0.5) is 0 Å². The molecular weight excluding hydrogens is 268 g/mol. The summed E-state index contributed by atoms with van der Waals surface area (Å²) in [6.07, 6.45) is 5.06. The highest BCUT2D eigenvalue weighted by molar-refractivity contribution is 7.80. The van der Waals surface area contributed by atoms with Crippen molar-refractivity contribution in [3.8, 4) is 5.75 Å². The van der Waals surface area contributed by atoms with E-state index in [1.54, 1.807) is 0 Å². The molecule has 1 aliphatic rings. The van der Waals surface area contributed by atoms with Crippen molar-refractivity contribution in [2.75, 3.05) is 19.7 Å². The second-order valence-corrected chi connectivity index (χ2v) is 5.73. The fraction of sp³-hybridized carbons (Fsp3) is 0.562. The van der Waals surface area contributed by atoms with Crippen molar-refractivity contribution in [2.45, 2.75) is 38.6 Å². The van der Waals surface area contributed by atoms with Gasteiger partial charge < -0.3 is 10.5 Å². The number of hydrogen-bond donors (Lipinski definition) is 1. The van der Waals surface area contributed by atoms with E-state index in [0.717, 1.165) is 24.4 Å². The Balaban J connectivity index is 2.22. The third-order valence-corrected chi connectivity index (χ3v) is 3.98. The first-order valence-electron chi connectivity index (χ1n) is 7.48. The van der Waals surface area contributed by atoms with Gasteiger partial charge in [0.05, 0.1) is 17.6 Å². The third kappa shape index (κ3) is 3.93. The van der Waals surface area contributed by atoms with Crippen LogP contribution in [0.15, 0.2) is 24.3 Å². The van der Waals surface area contributed by atoms with Crippen LogP contribution in [-0.4, -0.2) is 29.6 Å². The number of nitrogens with two attached hydrogens (primary N) is 1. The zero-order valence-corrected chi connectivity index (χ0v) is 13.0. The number of ether oxygens (including phenoxy) is 1. The van der Waals surface area contributed by atoms with Gasteiger partial charge in [0.2, 0.25) is 0 Å². The summed E-state index contributed by atoms with van der Waals surface area (Å²) in [4.78, 5) is 2.97. The Hall–Kier alpha value is -1.13. The van der Waals surface area contributed by atoms with Crippen LogP contribution in [-0.2, 0) is 0 Å². The van der Waals surface area contributed by atoms with E-state index in [4.69, 9.17) is 22.7 Å². The molecule has 0 radical (unpaired) electrons. The summed E-state index contributed by atoms with van der Waals surface area (Å²) in [7, 11) is 0. The van der Waals surface area contributed by atoms with Gasteiger partial charge in [-0.3, -0.25) is 4.90 Å². The molecule has 2 N–H and O–H groups in total. The summed E-state index contributed by atoms with van der Waals surface area (Å²) >= 11 is 5.33. The van der Waals surface area contributed by atoms with Crippen LogP contribution in [0.1, 0.15) is 44.2 Å². The molecule has 4 heteroatoms. The van der Waals surface area contributed by atoms with Crippen molar-refractivity contribution in [3.63, 3.8) is 0 Å². The predicted molar refractivity (Wildman–Crippen MR) is 87.2 cm³/mol. The first-order valence-corrected chi connectivity index (χ1v) is 7.89. The highest BCUT2D eigenvalue weighted by Gasteiger charge is 2.24. The number of nitrogens with zero attached hydrogens (tertiary/aromatic N) is 1. The van der Waals surface area contributed by atoms with Gasteiger partial charge in [-0.15, -0.1) is 0 Å². The molecular formula is C16H24N2OS. The molecule has 1 aromatic carbocycles. The van der Waals surface area contributed by atoms with E-state index >= 15 is 0 Å². The zero-order valence-electron chi connectivity index (χ0n) is 12.2. The predicted octanol–water partition coefficient (Wildman–Crippen LogP) is 3.29. The fourth-order valence-electron chi connectivity index (χ4n) is 2.85. The largest absolute Gasteiger partial charge is 0.494 e. The maximum Gasteiger partial charge on any atom is 0.119 e. The van der Waals surface area contributed by atoms with E-state index in [9.17, 15) is 0 Å². The first-order chi connectivity index (χ1) is 9.72. The van der Waals surface area contributed by atoms with Crippen LogP contribution in [0.25, 0.3) is 0 Å². The molecule has 0 amide bonds. The molecule has 1 atom stereocenters. The minimum Gasteiger partial charge on any atom is -0.494 e. The van der Waals surface area contributed by atoms with E-state index in [2.05, 4.69) is 17.0 Å². The summed E-state index contributed by atoms with van der Waals surface area (Å²) in [5.74, 6) is 0.890. The van der Waals surface area contributed by atoms with Gasteiger partial charge in [-0.2, -0.15) is 0 Å². The van der Waals surface area contributed by atoms with Crippen LogP contribution in [0.3, 0.4) is 0 Å². The van der Waals surface area contributed by atoms with Gasteiger partial charge in [0.15, 0.2) is 0 Å². The van der Waals surface area contributed by atoms with E-state index in [-0.39, 0.29) is 6.04 Å². The Morgan fingerprint density at radius 1 is 1.30 bits per heavy atom. The maximum atomic E-state index is 6.02. The highest BCUT2D eigenvalue weighted by Crippen LogP contribution is 2.27. The summed E-state index contributed by atoms with van der Waals surface area (Å²) in [6, 6.07) is 8.19. The van der Waals surface area contributed by atoms with Crippen molar-refractivity contribution >= 4 is 17.2 Å². The maximum absolute atomic E-state index is 6.02. The molecule has 0 bridgehead atoms. The molecule has 20 heavy (non-hydrogen) atoms. The molecule has 0 spiro atoms. The fourth-order valence-corrected chi connectivity index (χ4v) is 3.13. The average molecular weight is 292 g/mol. The van der Waals surface area contributed by atoms with Crippen molar-refractivity contribution in [1.82, 2.24) is 4.90 Å². The van der Waals surface area contributed by atoms with Gasteiger partial charge in [-0.05, 0) is 50.6 Å². The summed E-state index contributed by atoms with van der Waals surface area (Å²) < 4.78 is 5.59. The van der Waals surface area contributed by atoms with E-state index in [1.165, 1.54) is 25.7 Å². The van der Waals surface area contributed by atoms with Crippen molar-refractivity contribution in [1.29, 1.82) is 0 Å². The van der Waals surface area contributed by atoms with Gasteiger partial charge in [0.1, 0.15) is 5.75 Å². The Bertz CT molecular complexity index is 442. The SMILES string of the molecule is CCOc1cccc(C(C(N)=S)N2CCCCCC2)c1. The summed E-state index contributed by atoms with van der Waals surface area (Å²) in [5, 5.41) is 0. The lowest BCUT2D eigenvalue weighted by atomic mass is 10.0. The van der Waals surface area contributed by atoms with Crippen molar-refractivity contribution < 1.29 is 4.74 Å². The Morgan fingerprint density at radius 3 is 2.60 bits per heavy atom. The molecule has 1 unspecified atom stereocenters. The zero-order chi connectivity index (χ0) is 14.4. The van der Waals surface area contributed by atoms with Crippen molar-refractivity contribution in [2.24, 2.45) is 5.73 Å². The molecule has 0 aromatic heterocycles. The molecule has 1 heterocycles. The van der Waals surface area contributed by atoms with Gasteiger partial charge in [0, 0.05) is 0 Å². The van der Waals surface area contributed by atoms with Gasteiger partial charge in [0.25, 0.3) is 0 Å². The molecule has 3 nitrogen and oxygen atoms in total. The number of hydrogen-bond acceptors (Lipinski definition) is 3. The standard InChI is InChI=1S/C16H24N2OS/c1-2-19-14-9-7-8-13(12-14)15(16(17)20)18-10-5-3-4-6-11-18/h7-9,12,15H,2-6,10-11H2,1H3,(H2,17,20). The molecule has 110 valence electrons. The molecule has 2 rings (SSSR count). The van der Waals surface area contributed by atoms with Crippen LogP contribution in [0.2, 0.25) is 0 Å². The van der Waals surface area contributed by atoms with Gasteiger partial charge in [-0.1, -0.05) is 37.2 Å². The minimum absolute atomic E-state index is 0.0310. The lowest BCUT2D eigenvalue weighted by Crippen LogP contribution is -2.37. The molecule has 1 fully saturated rings. The minimum atomic E-state index is 0.0310. The van der Waals surface area contributed by atoms with Crippen LogP contribution in [0, 0.1) is 0 Å². The highest BCUT2D eigenvalue weighted by atomic mass is 32.1. The third-order valence-electron chi connectivity index (χ3n) is 3.76. The second-order valence-electron chi connectivity index (χ2n) is 5.26. The Labute approximate surface area is 127 Å². The summed E-state index contributed by atoms with van der Waals surface area (Å²) in [5.41, 5.74) is 7.17. The second kappa shape index (κ2) is 7.60. The molecule has 1 saturated heterocycles. The number of benzene rings is 1. The van der Waals surface area contributed by atoms with Gasteiger partial charge in [-0.25, -0.2) is 0 Å². The number of likely N-dealkylation sites (tertiary alicyclic amines) is 1. The lowest BCUT2D eigenvalue weighted by Gasteiger charge is -2.30. The molecule has 1 aromatic rings. The molecule has 1 aliphatic heterocycles. The van der Waals surface area contributed by atoms with Crippen LogP contribution in [0.5, 0.6) is 5.75 Å². The number of rotatable bonds is 5. The molecule has 0 aliphatic carbocycles.